The lowest BCUT2D eigenvalue weighted by Gasteiger charge is -2.24. The first kappa shape index (κ1) is 34.1. The second-order valence-electron chi connectivity index (χ2n) is 13.8. The number of nitrogens with zero attached hydrogens (tertiary/aromatic N) is 2. The highest BCUT2D eigenvalue weighted by atomic mass is 32.4. The number of imidazole rings is 1. The molecule has 0 N–H and O–H groups in total. The summed E-state index contributed by atoms with van der Waals surface area (Å²) in [7, 11) is 0. The van der Waals surface area contributed by atoms with Crippen molar-refractivity contribution in [2.75, 3.05) is 0 Å². The van der Waals surface area contributed by atoms with Gasteiger partial charge in [0.1, 0.15) is 5.65 Å². The van der Waals surface area contributed by atoms with Crippen LogP contribution in [0.2, 0.25) is 0 Å². The molecular weight excluding hydrogens is 743 g/mol. The fourth-order valence-electron chi connectivity index (χ4n) is 8.03. The summed E-state index contributed by atoms with van der Waals surface area (Å²) >= 11 is 13.4. The van der Waals surface area contributed by atoms with Crippen LogP contribution in [-0.2, 0) is 23.6 Å². The summed E-state index contributed by atoms with van der Waals surface area (Å²) in [5.74, 6) is 0. The van der Waals surface area contributed by atoms with Crippen LogP contribution in [0, 0.1) is 0 Å². The second-order valence-corrected chi connectivity index (χ2v) is 22.7. The molecule has 0 amide bonds. The minimum atomic E-state index is -2.38. The number of rotatable bonds is 7. The van der Waals surface area contributed by atoms with E-state index in [-0.39, 0.29) is 0 Å². The lowest BCUT2D eigenvalue weighted by atomic mass is 10.0. The van der Waals surface area contributed by atoms with Crippen LogP contribution < -0.4 is 31.8 Å². The van der Waals surface area contributed by atoms with Crippen LogP contribution in [0.5, 0.6) is 0 Å². The molecule has 262 valence electrons. The molecule has 0 unspecified atom stereocenters. The second kappa shape index (κ2) is 13.7. The van der Waals surface area contributed by atoms with E-state index in [1.165, 1.54) is 37.3 Å². The fraction of sp³-hybridized carbons (Fsp3) is 0. The van der Waals surface area contributed by atoms with Gasteiger partial charge in [0, 0.05) is 22.8 Å². The number of benzene rings is 8. The van der Waals surface area contributed by atoms with Gasteiger partial charge in [0.25, 0.3) is 0 Å². The van der Waals surface area contributed by atoms with Crippen molar-refractivity contribution in [3.63, 3.8) is 0 Å². The molecule has 2 aromatic heterocycles. The van der Waals surface area contributed by atoms with Crippen molar-refractivity contribution in [2.24, 2.45) is 0 Å². The number of pyridine rings is 1. The Hall–Kier alpha value is -5.47. The predicted octanol–water partition coefficient (Wildman–Crippen LogP) is 9.97. The van der Waals surface area contributed by atoms with Crippen molar-refractivity contribution in [1.29, 1.82) is 0 Å². The normalized spacial score (nSPS) is 12.1. The average Bonchev–Trinajstić information content (AvgIpc) is 3.67. The van der Waals surface area contributed by atoms with Crippen molar-refractivity contribution >= 4 is 106 Å². The van der Waals surface area contributed by atoms with Crippen molar-refractivity contribution in [3.8, 4) is 11.1 Å². The molecule has 0 atom stereocenters. The molecule has 0 bridgehead atoms. The van der Waals surface area contributed by atoms with Gasteiger partial charge in [0.05, 0.1) is 16.6 Å². The standard InChI is InChI=1S/C49H34N2P2S2/c54-52(37-15-5-1-6-16-37,38-17-7-2-8-18-38)41-28-25-35(26-29-41)36-27-31-44-43-23-13-14-24-45(43)49-50-46-32-30-42(34-48(46)51(49)47(44)33-36)53(55,39-19-9-3-10-20-39)40-21-11-4-12-22-40/h1-34H. The zero-order valence-electron chi connectivity index (χ0n) is 29.7. The third kappa shape index (κ3) is 5.55. The van der Waals surface area contributed by atoms with Gasteiger partial charge < -0.3 is 0 Å². The molecule has 0 aliphatic rings. The number of hydrogen-bond acceptors (Lipinski definition) is 3. The maximum absolute atomic E-state index is 6.79. The summed E-state index contributed by atoms with van der Waals surface area (Å²) in [5, 5.41) is 10.6. The minimum absolute atomic E-state index is 0.946. The Labute approximate surface area is 330 Å². The summed E-state index contributed by atoms with van der Waals surface area (Å²) in [4.78, 5) is 5.29. The Balaban J connectivity index is 1.18. The molecule has 55 heavy (non-hydrogen) atoms. The number of hydrogen-bond donors (Lipinski definition) is 0. The molecule has 6 heteroatoms. The Morgan fingerprint density at radius 2 is 0.782 bits per heavy atom. The van der Waals surface area contributed by atoms with Gasteiger partial charge in [-0.25, -0.2) is 4.98 Å². The molecule has 0 spiro atoms. The van der Waals surface area contributed by atoms with E-state index in [1.54, 1.807) is 0 Å². The number of aromatic nitrogens is 2. The Kier molecular flexibility index (Phi) is 8.47. The van der Waals surface area contributed by atoms with Gasteiger partial charge in [-0.3, -0.25) is 4.40 Å². The van der Waals surface area contributed by atoms with Gasteiger partial charge in [0.15, 0.2) is 0 Å². The van der Waals surface area contributed by atoms with Gasteiger partial charge in [-0.15, -0.1) is 0 Å². The van der Waals surface area contributed by atoms with Crippen molar-refractivity contribution in [1.82, 2.24) is 9.38 Å². The molecule has 2 nitrogen and oxygen atoms in total. The van der Waals surface area contributed by atoms with Crippen molar-refractivity contribution in [2.45, 2.75) is 0 Å². The van der Waals surface area contributed by atoms with Gasteiger partial charge in [-0.05, 0) is 66.5 Å². The average molecular weight is 777 g/mol. The maximum atomic E-state index is 6.79. The highest BCUT2D eigenvalue weighted by Crippen LogP contribution is 2.45. The molecule has 10 rings (SSSR count). The Morgan fingerprint density at radius 1 is 0.345 bits per heavy atom. The monoisotopic (exact) mass is 776 g/mol. The van der Waals surface area contributed by atoms with Crippen molar-refractivity contribution in [3.05, 3.63) is 206 Å². The van der Waals surface area contributed by atoms with Crippen LogP contribution in [0.3, 0.4) is 0 Å². The molecule has 8 aromatic carbocycles. The highest BCUT2D eigenvalue weighted by molar-refractivity contribution is 8.26. The maximum Gasteiger partial charge on any atom is 0.146 e. The summed E-state index contributed by atoms with van der Waals surface area (Å²) in [5.41, 5.74) is 6.35. The first-order valence-electron chi connectivity index (χ1n) is 18.3. The first-order chi connectivity index (χ1) is 27.0. The summed E-state index contributed by atoms with van der Waals surface area (Å²) < 4.78 is 2.36. The number of fused-ring (bicyclic) bond motifs is 8. The van der Waals surface area contributed by atoms with E-state index < -0.39 is 12.1 Å². The molecule has 0 fully saturated rings. The molecule has 0 radical (unpaired) electrons. The van der Waals surface area contributed by atoms with Gasteiger partial charge in [-0.2, -0.15) is 0 Å². The highest BCUT2D eigenvalue weighted by Gasteiger charge is 2.27. The largest absolute Gasteiger partial charge is 0.292 e. The molecule has 0 saturated heterocycles. The predicted molar refractivity (Wildman–Crippen MR) is 245 cm³/mol. The van der Waals surface area contributed by atoms with Crippen LogP contribution in [0.25, 0.3) is 49.5 Å². The quantitative estimate of drug-likeness (QED) is 0.119. The van der Waals surface area contributed by atoms with E-state index in [1.807, 2.05) is 0 Å². The van der Waals surface area contributed by atoms with Crippen LogP contribution >= 0.6 is 12.1 Å². The molecule has 10 aromatic rings. The Morgan fingerprint density at radius 3 is 1.33 bits per heavy atom. The molecule has 0 aliphatic heterocycles. The van der Waals surface area contributed by atoms with Crippen LogP contribution in [0.4, 0.5) is 0 Å². The Bertz CT molecular complexity index is 3040. The van der Waals surface area contributed by atoms with Crippen LogP contribution in [0.1, 0.15) is 0 Å². The first-order valence-corrected chi connectivity index (χ1v) is 23.9. The molecule has 2 heterocycles. The third-order valence-electron chi connectivity index (χ3n) is 10.7. The van der Waals surface area contributed by atoms with Crippen molar-refractivity contribution < 1.29 is 0 Å². The third-order valence-corrected chi connectivity index (χ3v) is 20.7. The van der Waals surface area contributed by atoms with Crippen LogP contribution in [0.15, 0.2) is 206 Å². The van der Waals surface area contributed by atoms with E-state index >= 15 is 0 Å². The minimum Gasteiger partial charge on any atom is -0.292 e. The van der Waals surface area contributed by atoms with E-state index in [9.17, 15) is 0 Å². The van der Waals surface area contributed by atoms with Gasteiger partial charge in [-0.1, -0.05) is 212 Å². The lowest BCUT2D eigenvalue weighted by Crippen LogP contribution is -2.24. The smallest absolute Gasteiger partial charge is 0.146 e. The van der Waals surface area contributed by atoms with Gasteiger partial charge >= 0.3 is 0 Å². The van der Waals surface area contributed by atoms with E-state index in [0.29, 0.717) is 0 Å². The van der Waals surface area contributed by atoms with E-state index in [4.69, 9.17) is 28.6 Å². The fourth-order valence-corrected chi connectivity index (χ4v) is 15.5. The molecule has 0 aliphatic carbocycles. The summed E-state index contributed by atoms with van der Waals surface area (Å²) in [6.07, 6.45) is 0. The lowest BCUT2D eigenvalue weighted by molar-refractivity contribution is 1.32. The van der Waals surface area contributed by atoms with Crippen LogP contribution in [-0.4, -0.2) is 9.38 Å². The topological polar surface area (TPSA) is 17.3 Å². The zero-order chi connectivity index (χ0) is 37.0. The van der Waals surface area contributed by atoms with E-state index in [0.717, 1.165) is 44.0 Å². The SMILES string of the molecule is S=P(c1ccccc1)(c1ccccc1)c1ccc(-c2ccc3c4ccccc4c4nc5ccc(P(=S)(c6ccccc6)c6ccccc6)cc5n4c3c2)cc1. The summed E-state index contributed by atoms with van der Waals surface area (Å²) in [6.45, 7) is 0. The summed E-state index contributed by atoms with van der Waals surface area (Å²) in [6, 6.07) is 68.9. The van der Waals surface area contributed by atoms with Gasteiger partial charge in [0.2, 0.25) is 0 Å². The van der Waals surface area contributed by atoms with E-state index in [2.05, 4.69) is 211 Å². The zero-order valence-corrected chi connectivity index (χ0v) is 33.2. The molecular formula is C49H34N2P2S2. The molecule has 0 saturated carbocycles.